The second-order valence-electron chi connectivity index (χ2n) is 8.59. The Morgan fingerprint density at radius 2 is 1.26 bits per heavy atom. The number of nitrogens with two attached hydrogens (primary N) is 1. The third-order valence-corrected chi connectivity index (χ3v) is 5.64. The van der Waals surface area contributed by atoms with Gasteiger partial charge in [0.25, 0.3) is 0 Å². The van der Waals surface area contributed by atoms with E-state index in [-0.39, 0.29) is 11.7 Å². The molecule has 0 saturated heterocycles. The monoisotopic (exact) mass is 478 g/mol. The van der Waals surface area contributed by atoms with E-state index in [2.05, 4.69) is 48.3 Å². The molecule has 1 aliphatic rings. The van der Waals surface area contributed by atoms with Gasteiger partial charge in [0.15, 0.2) is 5.78 Å². The zero-order chi connectivity index (χ0) is 27.2. The summed E-state index contributed by atoms with van der Waals surface area (Å²) in [5, 5.41) is 2.35. The zero-order valence-electron chi connectivity index (χ0n) is 22.8. The minimum absolute atomic E-state index is 0.0821. The molecular formula is C30H42N2O3. The molecule has 0 atom stereocenters. The van der Waals surface area contributed by atoms with Crippen LogP contribution in [-0.2, 0) is 15.0 Å². The average Bonchev–Trinajstić information content (AvgIpc) is 3.63. The van der Waals surface area contributed by atoms with Gasteiger partial charge in [-0.1, -0.05) is 70.7 Å². The highest BCUT2D eigenvalue weighted by Gasteiger charge is 2.38. The maximum Gasteiger partial charge on any atom is 0.234 e. The Balaban J connectivity index is 0.000000702. The maximum atomic E-state index is 11.2. The van der Waals surface area contributed by atoms with Crippen LogP contribution in [0, 0.1) is 17.3 Å². The first-order valence-corrected chi connectivity index (χ1v) is 12.3. The number of ketones is 1. The summed E-state index contributed by atoms with van der Waals surface area (Å²) in [5.41, 5.74) is 8.35. The van der Waals surface area contributed by atoms with Crippen molar-refractivity contribution in [2.75, 3.05) is 7.05 Å². The molecule has 0 unspecified atom stereocenters. The van der Waals surface area contributed by atoms with E-state index < -0.39 is 11.3 Å². The van der Waals surface area contributed by atoms with Crippen molar-refractivity contribution < 1.29 is 14.4 Å². The number of carbonyl (C=O) groups is 3. The maximum absolute atomic E-state index is 11.2. The fourth-order valence-corrected chi connectivity index (χ4v) is 2.79. The number of carbonyl (C=O) groups excluding carboxylic acids is 3. The standard InChI is InChI=1S/C20H18O.C6H12N2O2.2C2H6/c1-15(21)18-9-5-16(6-10-18)3-4-17-7-11-19(12-8-17)20(2)13-14-20;1-6(2,4(7)9)5(10)8-3;2*1-2/h5-12H,13-14H2,1-2H3;1-3H3,(H2,7,9)(H,8,10);2*1-2H3. The Hall–Kier alpha value is -3.39. The molecule has 0 aliphatic heterocycles. The number of amides is 2. The second kappa shape index (κ2) is 14.8. The van der Waals surface area contributed by atoms with Gasteiger partial charge in [0.1, 0.15) is 5.41 Å². The molecule has 5 nitrogen and oxygen atoms in total. The Kier molecular flexibility index (Phi) is 13.3. The van der Waals surface area contributed by atoms with Gasteiger partial charge in [-0.3, -0.25) is 14.4 Å². The van der Waals surface area contributed by atoms with Gasteiger partial charge in [-0.15, -0.1) is 0 Å². The molecule has 35 heavy (non-hydrogen) atoms. The minimum Gasteiger partial charge on any atom is -0.369 e. The van der Waals surface area contributed by atoms with Crippen molar-refractivity contribution in [3.05, 3.63) is 70.8 Å². The third kappa shape index (κ3) is 9.78. The predicted molar refractivity (Wildman–Crippen MR) is 145 cm³/mol. The highest BCUT2D eigenvalue weighted by molar-refractivity contribution is 6.03. The molecule has 3 N–H and O–H groups in total. The van der Waals surface area contributed by atoms with Gasteiger partial charge in [0, 0.05) is 23.7 Å². The molecule has 190 valence electrons. The lowest BCUT2D eigenvalue weighted by molar-refractivity contribution is -0.139. The fourth-order valence-electron chi connectivity index (χ4n) is 2.79. The van der Waals surface area contributed by atoms with Gasteiger partial charge in [0.05, 0.1) is 0 Å². The van der Waals surface area contributed by atoms with E-state index in [1.807, 2.05) is 52.0 Å². The summed E-state index contributed by atoms with van der Waals surface area (Å²) in [6, 6.07) is 16.0. The molecule has 3 rings (SSSR count). The van der Waals surface area contributed by atoms with E-state index in [9.17, 15) is 14.4 Å². The van der Waals surface area contributed by atoms with Crippen LogP contribution in [0.2, 0.25) is 0 Å². The summed E-state index contributed by atoms with van der Waals surface area (Å²) >= 11 is 0. The normalized spacial score (nSPS) is 12.4. The van der Waals surface area contributed by atoms with Gasteiger partial charge in [-0.05, 0) is 68.9 Å². The Bertz CT molecular complexity index is 1020. The highest BCUT2D eigenvalue weighted by Crippen LogP contribution is 2.47. The molecule has 5 heteroatoms. The van der Waals surface area contributed by atoms with Crippen LogP contribution in [0.3, 0.4) is 0 Å². The summed E-state index contributed by atoms with van der Waals surface area (Å²) in [6.45, 7) is 14.8. The van der Waals surface area contributed by atoms with Crippen LogP contribution in [0.25, 0.3) is 0 Å². The average molecular weight is 479 g/mol. The van der Waals surface area contributed by atoms with Gasteiger partial charge < -0.3 is 11.1 Å². The van der Waals surface area contributed by atoms with Crippen LogP contribution < -0.4 is 11.1 Å². The van der Waals surface area contributed by atoms with Crippen molar-refractivity contribution in [1.29, 1.82) is 0 Å². The van der Waals surface area contributed by atoms with Crippen molar-refractivity contribution in [1.82, 2.24) is 5.32 Å². The number of hydrogen-bond acceptors (Lipinski definition) is 3. The van der Waals surface area contributed by atoms with Crippen molar-refractivity contribution in [2.24, 2.45) is 11.1 Å². The summed E-state index contributed by atoms with van der Waals surface area (Å²) in [5.74, 6) is 5.42. The Labute approximate surface area is 211 Å². The van der Waals surface area contributed by atoms with Crippen LogP contribution >= 0.6 is 0 Å². The van der Waals surface area contributed by atoms with Crippen molar-refractivity contribution in [2.45, 2.75) is 73.6 Å². The van der Waals surface area contributed by atoms with E-state index in [0.717, 1.165) is 16.7 Å². The first kappa shape index (κ1) is 31.6. The SMILES string of the molecule is CC.CC.CC(=O)c1ccc(C#Cc2ccc(C3(C)CC3)cc2)cc1.CNC(=O)C(C)(C)C(N)=O. The van der Waals surface area contributed by atoms with Gasteiger partial charge in [-0.2, -0.15) is 0 Å². The predicted octanol–water partition coefficient (Wildman–Crippen LogP) is 5.64. The Morgan fingerprint density at radius 3 is 1.54 bits per heavy atom. The fraction of sp³-hybridized carbons (Fsp3) is 0.433. The van der Waals surface area contributed by atoms with Crippen molar-refractivity contribution in [3.63, 3.8) is 0 Å². The number of rotatable bonds is 4. The quantitative estimate of drug-likeness (QED) is 0.339. The molecular weight excluding hydrogens is 436 g/mol. The van der Waals surface area contributed by atoms with Crippen LogP contribution in [-0.4, -0.2) is 24.6 Å². The van der Waals surface area contributed by atoms with E-state index in [0.29, 0.717) is 5.41 Å². The van der Waals surface area contributed by atoms with Crippen molar-refractivity contribution in [3.8, 4) is 11.8 Å². The van der Waals surface area contributed by atoms with Crippen molar-refractivity contribution >= 4 is 17.6 Å². The van der Waals surface area contributed by atoms with E-state index >= 15 is 0 Å². The smallest absolute Gasteiger partial charge is 0.234 e. The lowest BCUT2D eigenvalue weighted by Gasteiger charge is -2.17. The number of Topliss-reactive ketones (excluding diaryl/α,β-unsaturated/α-hetero) is 1. The summed E-state index contributed by atoms with van der Waals surface area (Å²) < 4.78 is 0. The largest absolute Gasteiger partial charge is 0.369 e. The molecule has 2 aromatic rings. The molecule has 1 fully saturated rings. The van der Waals surface area contributed by atoms with Crippen LogP contribution in [0.15, 0.2) is 48.5 Å². The lowest BCUT2D eigenvalue weighted by atomic mass is 9.92. The molecule has 2 amide bonds. The minimum atomic E-state index is -1.10. The van der Waals surface area contributed by atoms with Gasteiger partial charge >= 0.3 is 0 Å². The third-order valence-electron chi connectivity index (χ3n) is 5.64. The topological polar surface area (TPSA) is 89.3 Å². The molecule has 1 aliphatic carbocycles. The molecule has 0 spiro atoms. The number of nitrogens with one attached hydrogen (secondary N) is 1. The molecule has 0 bridgehead atoms. The first-order chi connectivity index (χ1) is 16.5. The molecule has 2 aromatic carbocycles. The Morgan fingerprint density at radius 1 is 0.857 bits per heavy atom. The van der Waals surface area contributed by atoms with E-state index in [1.54, 1.807) is 6.92 Å². The van der Waals surface area contributed by atoms with Crippen LogP contribution in [0.4, 0.5) is 0 Å². The highest BCUT2D eigenvalue weighted by atomic mass is 16.2. The lowest BCUT2D eigenvalue weighted by Crippen LogP contribution is -2.44. The molecule has 1 saturated carbocycles. The number of hydrogen-bond donors (Lipinski definition) is 2. The summed E-state index contributed by atoms with van der Waals surface area (Å²) in [6.07, 6.45) is 2.58. The molecule has 0 heterocycles. The second-order valence-corrected chi connectivity index (χ2v) is 8.59. The summed E-state index contributed by atoms with van der Waals surface area (Å²) in [4.78, 5) is 32.7. The first-order valence-electron chi connectivity index (χ1n) is 12.3. The number of benzene rings is 2. The van der Waals surface area contributed by atoms with Gasteiger partial charge in [0.2, 0.25) is 11.8 Å². The molecule has 0 aromatic heterocycles. The van der Waals surface area contributed by atoms with Crippen LogP contribution in [0.5, 0.6) is 0 Å². The summed E-state index contributed by atoms with van der Waals surface area (Å²) in [7, 11) is 1.47. The molecule has 0 radical (unpaired) electrons. The van der Waals surface area contributed by atoms with Gasteiger partial charge in [-0.25, -0.2) is 0 Å². The number of primary amides is 1. The van der Waals surface area contributed by atoms with E-state index in [1.165, 1.54) is 39.3 Å². The van der Waals surface area contributed by atoms with E-state index in [4.69, 9.17) is 5.73 Å². The zero-order valence-corrected chi connectivity index (χ0v) is 22.8. The van der Waals surface area contributed by atoms with Crippen LogP contribution in [0.1, 0.15) is 95.3 Å².